The molecule has 6 heteroatoms. The van der Waals surface area contributed by atoms with Crippen molar-refractivity contribution in [2.75, 3.05) is 0 Å². The standard InChI is InChI=1S/C9H11IN4O/c1-9(2,3)14-7-5(4-11-14)12-6(10)8(15)13-7/h4H,1-3H3,(H,13,15). The third-order valence-electron chi connectivity index (χ3n) is 2.02. The Hall–Kier alpha value is -0.920. The van der Waals surface area contributed by atoms with Crippen molar-refractivity contribution in [1.82, 2.24) is 19.7 Å². The van der Waals surface area contributed by atoms with E-state index in [1.165, 1.54) is 0 Å². The summed E-state index contributed by atoms with van der Waals surface area (Å²) in [6.07, 6.45) is 1.67. The first kappa shape index (κ1) is 10.6. The van der Waals surface area contributed by atoms with Gasteiger partial charge < -0.3 is 4.98 Å². The molecule has 0 saturated heterocycles. The van der Waals surface area contributed by atoms with Gasteiger partial charge in [-0.3, -0.25) is 4.79 Å². The van der Waals surface area contributed by atoms with Gasteiger partial charge in [-0.05, 0) is 43.4 Å². The summed E-state index contributed by atoms with van der Waals surface area (Å²) in [5.41, 5.74) is 1.05. The molecule has 0 unspecified atom stereocenters. The predicted molar refractivity (Wildman–Crippen MR) is 65.9 cm³/mol. The molecule has 80 valence electrons. The Morgan fingerprint density at radius 1 is 1.47 bits per heavy atom. The van der Waals surface area contributed by atoms with Crippen molar-refractivity contribution >= 4 is 33.8 Å². The number of H-pyrrole nitrogens is 1. The van der Waals surface area contributed by atoms with Crippen molar-refractivity contribution in [2.45, 2.75) is 26.3 Å². The zero-order valence-corrected chi connectivity index (χ0v) is 10.9. The summed E-state index contributed by atoms with van der Waals surface area (Å²) in [6.45, 7) is 6.07. The maximum Gasteiger partial charge on any atom is 0.281 e. The Morgan fingerprint density at radius 2 is 2.13 bits per heavy atom. The third kappa shape index (κ3) is 1.77. The fraction of sp³-hybridized carbons (Fsp3) is 0.444. The van der Waals surface area contributed by atoms with E-state index >= 15 is 0 Å². The van der Waals surface area contributed by atoms with Gasteiger partial charge in [0.15, 0.2) is 9.35 Å². The van der Waals surface area contributed by atoms with Crippen LogP contribution in [0.15, 0.2) is 11.0 Å². The SMILES string of the molecule is CC(C)(C)n1ncc2nc(I)c(=O)[nH]c21. The van der Waals surface area contributed by atoms with Crippen molar-refractivity contribution in [2.24, 2.45) is 0 Å². The van der Waals surface area contributed by atoms with E-state index in [2.05, 4.69) is 15.1 Å². The van der Waals surface area contributed by atoms with Crippen LogP contribution in [0.3, 0.4) is 0 Å². The lowest BCUT2D eigenvalue weighted by Crippen LogP contribution is -2.25. The van der Waals surface area contributed by atoms with Gasteiger partial charge in [-0.25, -0.2) is 9.67 Å². The minimum atomic E-state index is -0.172. The van der Waals surface area contributed by atoms with E-state index in [1.54, 1.807) is 10.9 Å². The van der Waals surface area contributed by atoms with Crippen LogP contribution in [0.2, 0.25) is 0 Å². The van der Waals surface area contributed by atoms with Crippen LogP contribution in [0.25, 0.3) is 11.2 Å². The molecule has 0 bridgehead atoms. The summed E-state index contributed by atoms with van der Waals surface area (Å²) < 4.78 is 2.21. The fourth-order valence-electron chi connectivity index (χ4n) is 1.36. The van der Waals surface area contributed by atoms with E-state index in [0.29, 0.717) is 14.9 Å². The van der Waals surface area contributed by atoms with E-state index in [0.717, 1.165) is 0 Å². The van der Waals surface area contributed by atoms with Crippen molar-refractivity contribution < 1.29 is 0 Å². The van der Waals surface area contributed by atoms with Gasteiger partial charge in [0.1, 0.15) is 5.52 Å². The van der Waals surface area contributed by atoms with Crippen LogP contribution in [0.5, 0.6) is 0 Å². The lowest BCUT2D eigenvalue weighted by atomic mass is 10.1. The summed E-state index contributed by atoms with van der Waals surface area (Å²) in [5.74, 6) is 0. The molecule has 0 aromatic carbocycles. The van der Waals surface area contributed by atoms with E-state index in [1.807, 2.05) is 43.4 Å². The van der Waals surface area contributed by atoms with Gasteiger partial charge in [0.05, 0.1) is 11.7 Å². The Morgan fingerprint density at radius 3 is 2.73 bits per heavy atom. The highest BCUT2D eigenvalue weighted by Gasteiger charge is 2.18. The Bertz CT molecular complexity index is 563. The minimum Gasteiger partial charge on any atom is -0.303 e. The minimum absolute atomic E-state index is 0.168. The molecule has 0 aliphatic rings. The molecule has 1 N–H and O–H groups in total. The van der Waals surface area contributed by atoms with Gasteiger partial charge in [0.2, 0.25) is 0 Å². The largest absolute Gasteiger partial charge is 0.303 e. The first-order chi connectivity index (χ1) is 6.89. The highest BCUT2D eigenvalue weighted by atomic mass is 127. The number of nitrogens with one attached hydrogen (secondary N) is 1. The summed E-state index contributed by atoms with van der Waals surface area (Å²) in [4.78, 5) is 18.4. The molecule has 2 aromatic rings. The van der Waals surface area contributed by atoms with Gasteiger partial charge in [-0.15, -0.1) is 0 Å². The second kappa shape index (κ2) is 3.29. The number of aromatic nitrogens is 4. The Labute approximate surface area is 100 Å². The molecular weight excluding hydrogens is 307 g/mol. The summed E-state index contributed by atoms with van der Waals surface area (Å²) in [7, 11) is 0. The zero-order chi connectivity index (χ0) is 11.2. The average molecular weight is 318 g/mol. The number of aromatic amines is 1. The second-order valence-electron chi connectivity index (χ2n) is 4.32. The number of nitrogens with zero attached hydrogens (tertiary/aromatic N) is 3. The maximum absolute atomic E-state index is 11.4. The molecule has 2 rings (SSSR count). The van der Waals surface area contributed by atoms with Crippen molar-refractivity contribution in [1.29, 1.82) is 0 Å². The van der Waals surface area contributed by atoms with Crippen LogP contribution < -0.4 is 5.56 Å². The molecule has 0 amide bonds. The van der Waals surface area contributed by atoms with Crippen LogP contribution in [0.4, 0.5) is 0 Å². The first-order valence-corrected chi connectivity index (χ1v) is 5.61. The molecule has 15 heavy (non-hydrogen) atoms. The topological polar surface area (TPSA) is 63.6 Å². The smallest absolute Gasteiger partial charge is 0.281 e. The van der Waals surface area contributed by atoms with E-state index in [-0.39, 0.29) is 11.1 Å². The van der Waals surface area contributed by atoms with Crippen molar-refractivity contribution in [3.63, 3.8) is 0 Å². The van der Waals surface area contributed by atoms with E-state index in [9.17, 15) is 4.79 Å². The Balaban J connectivity index is 2.81. The molecule has 0 fully saturated rings. The van der Waals surface area contributed by atoms with Gasteiger partial charge in [0.25, 0.3) is 5.56 Å². The summed E-state index contributed by atoms with van der Waals surface area (Å²) >= 11 is 1.91. The number of rotatable bonds is 0. The van der Waals surface area contributed by atoms with Crippen molar-refractivity contribution in [3.8, 4) is 0 Å². The van der Waals surface area contributed by atoms with E-state index in [4.69, 9.17) is 0 Å². The molecule has 0 radical (unpaired) electrons. The van der Waals surface area contributed by atoms with Crippen LogP contribution in [-0.4, -0.2) is 19.7 Å². The number of halogens is 1. The number of fused-ring (bicyclic) bond motifs is 1. The molecule has 0 spiro atoms. The highest BCUT2D eigenvalue weighted by molar-refractivity contribution is 14.1. The molecule has 2 heterocycles. The molecule has 0 atom stereocenters. The summed E-state index contributed by atoms with van der Waals surface area (Å²) in [6, 6.07) is 0. The quantitative estimate of drug-likeness (QED) is 0.749. The third-order valence-corrected chi connectivity index (χ3v) is 2.75. The predicted octanol–water partition coefficient (Wildman–Crippen LogP) is 1.48. The zero-order valence-electron chi connectivity index (χ0n) is 8.71. The normalized spacial score (nSPS) is 12.3. The maximum atomic E-state index is 11.4. The van der Waals surface area contributed by atoms with Gasteiger partial charge in [-0.1, -0.05) is 0 Å². The molecule has 0 aliphatic carbocycles. The van der Waals surface area contributed by atoms with Gasteiger partial charge in [0, 0.05) is 0 Å². The number of hydrogen-bond donors (Lipinski definition) is 1. The van der Waals surface area contributed by atoms with Crippen molar-refractivity contribution in [3.05, 3.63) is 20.3 Å². The lowest BCUT2D eigenvalue weighted by molar-refractivity contribution is 0.365. The first-order valence-electron chi connectivity index (χ1n) is 4.53. The number of hydrogen-bond acceptors (Lipinski definition) is 3. The van der Waals surface area contributed by atoms with Gasteiger partial charge >= 0.3 is 0 Å². The molecule has 5 nitrogen and oxygen atoms in total. The molecule has 0 saturated carbocycles. The second-order valence-corrected chi connectivity index (χ2v) is 5.34. The molecule has 0 aliphatic heterocycles. The average Bonchev–Trinajstić information content (AvgIpc) is 2.47. The molecule has 2 aromatic heterocycles. The fourth-order valence-corrected chi connectivity index (χ4v) is 1.76. The van der Waals surface area contributed by atoms with Crippen LogP contribution >= 0.6 is 22.6 Å². The monoisotopic (exact) mass is 318 g/mol. The summed E-state index contributed by atoms with van der Waals surface area (Å²) in [5, 5.41) is 4.23. The van der Waals surface area contributed by atoms with Crippen LogP contribution in [0.1, 0.15) is 20.8 Å². The lowest BCUT2D eigenvalue weighted by Gasteiger charge is -2.19. The van der Waals surface area contributed by atoms with Crippen LogP contribution in [-0.2, 0) is 5.54 Å². The molecular formula is C9H11IN4O. The highest BCUT2D eigenvalue weighted by Crippen LogP contribution is 2.17. The van der Waals surface area contributed by atoms with Gasteiger partial charge in [-0.2, -0.15) is 5.10 Å². The van der Waals surface area contributed by atoms with E-state index < -0.39 is 0 Å². The Kier molecular flexibility index (Phi) is 2.32. The van der Waals surface area contributed by atoms with Crippen LogP contribution in [0, 0.1) is 3.70 Å².